The van der Waals surface area contributed by atoms with Crippen molar-refractivity contribution in [2.75, 3.05) is 18.5 Å². The normalized spacial score (nSPS) is 15.8. The van der Waals surface area contributed by atoms with E-state index in [-0.39, 0.29) is 18.6 Å². The maximum atomic E-state index is 11.4. The van der Waals surface area contributed by atoms with Gasteiger partial charge in [-0.25, -0.2) is 0 Å². The zero-order chi connectivity index (χ0) is 16.9. The lowest BCUT2D eigenvalue weighted by Gasteiger charge is -2.22. The van der Waals surface area contributed by atoms with E-state index in [4.69, 9.17) is 4.74 Å². The Morgan fingerprint density at radius 2 is 2.04 bits per heavy atom. The summed E-state index contributed by atoms with van der Waals surface area (Å²) >= 11 is 0. The van der Waals surface area contributed by atoms with Crippen LogP contribution in [0.1, 0.15) is 24.1 Å². The average molecular weight is 326 g/mol. The van der Waals surface area contributed by atoms with Crippen LogP contribution in [0.5, 0.6) is 5.75 Å². The Bertz CT molecular complexity index is 703. The van der Waals surface area contributed by atoms with E-state index >= 15 is 0 Å². The molecule has 2 unspecified atom stereocenters. The van der Waals surface area contributed by atoms with Crippen LogP contribution in [0.15, 0.2) is 48.5 Å². The molecule has 0 radical (unpaired) electrons. The van der Waals surface area contributed by atoms with Gasteiger partial charge >= 0.3 is 0 Å². The van der Waals surface area contributed by atoms with Gasteiger partial charge in [0.05, 0.1) is 11.8 Å². The molecular weight excluding hydrogens is 304 g/mol. The second kappa shape index (κ2) is 7.47. The van der Waals surface area contributed by atoms with E-state index < -0.39 is 6.10 Å². The van der Waals surface area contributed by atoms with E-state index in [1.54, 1.807) is 0 Å². The molecule has 1 aliphatic rings. The summed E-state index contributed by atoms with van der Waals surface area (Å²) in [6.45, 7) is 2.59. The van der Waals surface area contributed by atoms with E-state index in [2.05, 4.69) is 10.6 Å². The summed E-state index contributed by atoms with van der Waals surface area (Å²) in [6.07, 6.45) is 0.171. The Kier molecular flexibility index (Phi) is 5.13. The Labute approximate surface area is 141 Å². The third-order valence-electron chi connectivity index (χ3n) is 4.11. The highest BCUT2D eigenvalue weighted by Crippen LogP contribution is 2.30. The first-order valence-electron chi connectivity index (χ1n) is 8.14. The number of nitrogens with one attached hydrogen (secondary N) is 2. The van der Waals surface area contributed by atoms with Gasteiger partial charge in [0, 0.05) is 12.6 Å². The van der Waals surface area contributed by atoms with Gasteiger partial charge in [-0.2, -0.15) is 0 Å². The van der Waals surface area contributed by atoms with Crippen molar-refractivity contribution in [3.63, 3.8) is 0 Å². The molecule has 2 aromatic carbocycles. The zero-order valence-corrected chi connectivity index (χ0v) is 13.7. The fraction of sp³-hybridized carbons (Fsp3) is 0.316. The summed E-state index contributed by atoms with van der Waals surface area (Å²) in [6, 6.07) is 15.7. The molecule has 0 aromatic heterocycles. The van der Waals surface area contributed by atoms with Gasteiger partial charge < -0.3 is 20.5 Å². The first-order valence-corrected chi connectivity index (χ1v) is 8.14. The average Bonchev–Trinajstić information content (AvgIpc) is 2.60. The lowest BCUT2D eigenvalue weighted by atomic mass is 10.0. The SMILES string of the molecule is CC(NCC(O)Cc1ccccc1)c1ccc2c(c1)NC(=O)CO2. The fourth-order valence-electron chi connectivity index (χ4n) is 2.76. The molecule has 0 saturated heterocycles. The lowest BCUT2D eigenvalue weighted by molar-refractivity contribution is -0.118. The van der Waals surface area contributed by atoms with Crippen LogP contribution in [-0.2, 0) is 11.2 Å². The number of carbonyl (C=O) groups excluding carboxylic acids is 1. The van der Waals surface area contributed by atoms with Gasteiger partial charge in [-0.15, -0.1) is 0 Å². The number of ether oxygens (including phenoxy) is 1. The molecule has 1 amide bonds. The van der Waals surface area contributed by atoms with E-state index in [1.807, 2.05) is 55.5 Å². The second-order valence-electron chi connectivity index (χ2n) is 6.07. The highest BCUT2D eigenvalue weighted by molar-refractivity contribution is 5.95. The molecule has 3 N–H and O–H groups in total. The lowest BCUT2D eigenvalue weighted by Crippen LogP contribution is -2.30. The van der Waals surface area contributed by atoms with Crippen molar-refractivity contribution in [2.24, 2.45) is 0 Å². The summed E-state index contributed by atoms with van der Waals surface area (Å²) in [5, 5.41) is 16.3. The monoisotopic (exact) mass is 326 g/mol. The molecular formula is C19H22N2O3. The van der Waals surface area contributed by atoms with Gasteiger partial charge in [0.15, 0.2) is 6.61 Å². The third-order valence-corrected chi connectivity index (χ3v) is 4.11. The number of hydrogen-bond acceptors (Lipinski definition) is 4. The minimum Gasteiger partial charge on any atom is -0.482 e. The molecule has 2 atom stereocenters. The molecule has 0 saturated carbocycles. The Hall–Kier alpha value is -2.37. The molecule has 126 valence electrons. The van der Waals surface area contributed by atoms with Crippen LogP contribution in [-0.4, -0.2) is 30.3 Å². The number of fused-ring (bicyclic) bond motifs is 1. The van der Waals surface area contributed by atoms with Crippen molar-refractivity contribution in [2.45, 2.75) is 25.5 Å². The minimum absolute atomic E-state index is 0.0551. The molecule has 3 rings (SSSR count). The number of aliphatic hydroxyl groups excluding tert-OH is 1. The number of carbonyl (C=O) groups is 1. The standard InChI is InChI=1S/C19H22N2O3/c1-13(20-11-16(22)9-14-5-3-2-4-6-14)15-7-8-18-17(10-15)21-19(23)12-24-18/h2-8,10,13,16,20,22H,9,11-12H2,1H3,(H,21,23). The van der Waals surface area contributed by atoms with Crippen molar-refractivity contribution < 1.29 is 14.6 Å². The van der Waals surface area contributed by atoms with Gasteiger partial charge in [-0.3, -0.25) is 4.79 Å². The molecule has 1 heterocycles. The zero-order valence-electron chi connectivity index (χ0n) is 13.7. The third kappa shape index (κ3) is 4.13. The smallest absolute Gasteiger partial charge is 0.262 e. The van der Waals surface area contributed by atoms with Crippen LogP contribution in [0.4, 0.5) is 5.69 Å². The predicted molar refractivity (Wildman–Crippen MR) is 93.1 cm³/mol. The molecule has 2 aromatic rings. The fourth-order valence-corrected chi connectivity index (χ4v) is 2.76. The van der Waals surface area contributed by atoms with Crippen LogP contribution in [0.2, 0.25) is 0 Å². The molecule has 0 spiro atoms. The summed E-state index contributed by atoms with van der Waals surface area (Å²) in [5.74, 6) is 0.549. The van der Waals surface area contributed by atoms with Crippen molar-refractivity contribution in [1.29, 1.82) is 0 Å². The van der Waals surface area contributed by atoms with Crippen LogP contribution >= 0.6 is 0 Å². The number of rotatable bonds is 6. The number of aliphatic hydroxyl groups is 1. The summed E-state index contributed by atoms with van der Waals surface area (Å²) in [5.41, 5.74) is 2.85. The largest absolute Gasteiger partial charge is 0.482 e. The van der Waals surface area contributed by atoms with Crippen LogP contribution in [0.3, 0.4) is 0 Å². The topological polar surface area (TPSA) is 70.6 Å². The molecule has 0 aliphatic carbocycles. The van der Waals surface area contributed by atoms with Crippen molar-refractivity contribution in [3.05, 3.63) is 59.7 Å². The number of anilines is 1. The maximum Gasteiger partial charge on any atom is 0.262 e. The van der Waals surface area contributed by atoms with Gasteiger partial charge in [0.1, 0.15) is 5.75 Å². The molecule has 0 fully saturated rings. The Morgan fingerprint density at radius 1 is 1.25 bits per heavy atom. The van der Waals surface area contributed by atoms with Crippen LogP contribution < -0.4 is 15.4 Å². The number of hydrogen-bond donors (Lipinski definition) is 3. The van der Waals surface area contributed by atoms with Crippen molar-refractivity contribution in [1.82, 2.24) is 5.32 Å². The number of benzene rings is 2. The maximum absolute atomic E-state index is 11.4. The highest BCUT2D eigenvalue weighted by atomic mass is 16.5. The highest BCUT2D eigenvalue weighted by Gasteiger charge is 2.17. The van der Waals surface area contributed by atoms with E-state index in [1.165, 1.54) is 0 Å². The van der Waals surface area contributed by atoms with Gasteiger partial charge in [-0.05, 0) is 36.6 Å². The molecule has 5 nitrogen and oxygen atoms in total. The quantitative estimate of drug-likeness (QED) is 0.762. The molecule has 0 bridgehead atoms. The first-order chi connectivity index (χ1) is 11.6. The molecule has 5 heteroatoms. The van der Waals surface area contributed by atoms with E-state index in [9.17, 15) is 9.90 Å². The Morgan fingerprint density at radius 3 is 2.83 bits per heavy atom. The minimum atomic E-state index is -0.449. The van der Waals surface area contributed by atoms with E-state index in [0.29, 0.717) is 24.4 Å². The summed E-state index contributed by atoms with van der Waals surface area (Å²) < 4.78 is 5.36. The van der Waals surface area contributed by atoms with Crippen LogP contribution in [0, 0.1) is 0 Å². The van der Waals surface area contributed by atoms with Gasteiger partial charge in [0.2, 0.25) is 0 Å². The van der Waals surface area contributed by atoms with Crippen LogP contribution in [0.25, 0.3) is 0 Å². The first kappa shape index (κ1) is 16.5. The molecule has 24 heavy (non-hydrogen) atoms. The van der Waals surface area contributed by atoms with Gasteiger partial charge in [-0.1, -0.05) is 36.4 Å². The molecule has 1 aliphatic heterocycles. The second-order valence-corrected chi connectivity index (χ2v) is 6.07. The predicted octanol–water partition coefficient (Wildman–Crippen LogP) is 2.27. The number of amides is 1. The van der Waals surface area contributed by atoms with Crippen molar-refractivity contribution in [3.8, 4) is 5.75 Å². The van der Waals surface area contributed by atoms with Gasteiger partial charge in [0.25, 0.3) is 5.91 Å². The summed E-state index contributed by atoms with van der Waals surface area (Å²) in [4.78, 5) is 11.4. The van der Waals surface area contributed by atoms with Crippen molar-refractivity contribution >= 4 is 11.6 Å². The summed E-state index contributed by atoms with van der Waals surface area (Å²) in [7, 11) is 0. The van der Waals surface area contributed by atoms with E-state index in [0.717, 1.165) is 11.1 Å². The Balaban J connectivity index is 1.56.